The largest absolute Gasteiger partial charge is 0.394 e. The summed E-state index contributed by atoms with van der Waals surface area (Å²) in [6.07, 6.45) is -12.1. The summed E-state index contributed by atoms with van der Waals surface area (Å²) in [4.78, 5) is 0. The lowest BCUT2D eigenvalue weighted by Crippen LogP contribution is -2.62. The molecule has 2 aliphatic heterocycles. The summed E-state index contributed by atoms with van der Waals surface area (Å²) in [6, 6.07) is 0. The molecule has 0 bridgehead atoms. The Kier molecular flexibility index (Phi) is 6.50. The normalized spacial score (nSPS) is 49.5. The quantitative estimate of drug-likeness (QED) is 0.243. The van der Waals surface area contributed by atoms with Crippen LogP contribution >= 0.6 is 0 Å². The van der Waals surface area contributed by atoms with Crippen molar-refractivity contribution in [2.24, 2.45) is 0 Å². The highest BCUT2D eigenvalue weighted by Crippen LogP contribution is 2.36. The minimum atomic E-state index is -2.14. The first-order chi connectivity index (χ1) is 11.3. The Morgan fingerprint density at radius 3 is 2.12 bits per heavy atom. The van der Waals surface area contributed by atoms with E-state index in [0.717, 1.165) is 0 Å². The van der Waals surface area contributed by atoms with Gasteiger partial charge >= 0.3 is 0 Å². The smallest absolute Gasteiger partial charge is 0.224 e. The van der Waals surface area contributed by atoms with Gasteiger partial charge in [-0.25, -0.2) is 0 Å². The summed E-state index contributed by atoms with van der Waals surface area (Å²) < 4.78 is 20.7. The molecule has 0 unspecified atom stereocenters. The molecule has 2 saturated heterocycles. The minimum Gasteiger partial charge on any atom is -0.394 e. The SMILES string of the molecule is COC[C@H]1O[C@](CO)(O[C@H]2O[C@H](CO)[C@@H](O)[C@H](O)[C@H]2O)[C@@H](O)[C@@H]1O. The summed E-state index contributed by atoms with van der Waals surface area (Å²) in [7, 11) is 1.35. The summed E-state index contributed by atoms with van der Waals surface area (Å²) in [5, 5.41) is 68.3. The minimum absolute atomic E-state index is 0.0992. The number of aliphatic hydroxyl groups is 7. The maximum absolute atomic E-state index is 10.1. The van der Waals surface area contributed by atoms with E-state index in [4.69, 9.17) is 24.1 Å². The molecule has 0 aliphatic carbocycles. The fraction of sp³-hybridized carbons (Fsp3) is 1.00. The van der Waals surface area contributed by atoms with Crippen LogP contribution in [-0.2, 0) is 18.9 Å². The summed E-state index contributed by atoms with van der Waals surface area (Å²) in [5.41, 5.74) is 0. The Labute approximate surface area is 137 Å². The van der Waals surface area contributed by atoms with E-state index in [1.807, 2.05) is 0 Å². The molecule has 142 valence electrons. The van der Waals surface area contributed by atoms with Crippen LogP contribution in [0.2, 0.25) is 0 Å². The molecule has 11 nitrogen and oxygen atoms in total. The summed E-state index contributed by atoms with van der Waals surface area (Å²) in [5.74, 6) is -2.14. The lowest BCUT2D eigenvalue weighted by atomic mass is 9.99. The average molecular weight is 356 g/mol. The summed E-state index contributed by atoms with van der Waals surface area (Å²) >= 11 is 0. The number of hydrogen-bond donors (Lipinski definition) is 7. The van der Waals surface area contributed by atoms with Crippen molar-refractivity contribution in [3.05, 3.63) is 0 Å². The lowest BCUT2D eigenvalue weighted by molar-refractivity contribution is -0.383. The van der Waals surface area contributed by atoms with Crippen LogP contribution in [0.5, 0.6) is 0 Å². The molecular formula is C13H24O11. The third-order valence-electron chi connectivity index (χ3n) is 4.22. The van der Waals surface area contributed by atoms with Crippen LogP contribution in [0, 0.1) is 0 Å². The second kappa shape index (κ2) is 7.85. The topological polar surface area (TPSA) is 179 Å². The van der Waals surface area contributed by atoms with Crippen LogP contribution < -0.4 is 0 Å². The van der Waals surface area contributed by atoms with Gasteiger partial charge in [0.15, 0.2) is 6.29 Å². The van der Waals surface area contributed by atoms with E-state index in [-0.39, 0.29) is 6.61 Å². The van der Waals surface area contributed by atoms with Gasteiger partial charge < -0.3 is 54.7 Å². The number of hydrogen-bond acceptors (Lipinski definition) is 11. The van der Waals surface area contributed by atoms with Crippen LogP contribution in [0.4, 0.5) is 0 Å². The van der Waals surface area contributed by atoms with E-state index in [0.29, 0.717) is 0 Å². The highest BCUT2D eigenvalue weighted by Gasteiger charge is 2.58. The van der Waals surface area contributed by atoms with Gasteiger partial charge in [-0.1, -0.05) is 0 Å². The van der Waals surface area contributed by atoms with Gasteiger partial charge in [0.05, 0.1) is 13.2 Å². The van der Waals surface area contributed by atoms with E-state index in [9.17, 15) is 30.6 Å². The molecule has 24 heavy (non-hydrogen) atoms. The van der Waals surface area contributed by atoms with Crippen molar-refractivity contribution < 1.29 is 54.7 Å². The first-order valence-corrected chi connectivity index (χ1v) is 7.43. The highest BCUT2D eigenvalue weighted by atomic mass is 16.8. The molecule has 0 aromatic rings. The molecule has 0 aromatic carbocycles. The Bertz CT molecular complexity index is 407. The maximum Gasteiger partial charge on any atom is 0.224 e. The molecule has 2 aliphatic rings. The second-order valence-corrected chi connectivity index (χ2v) is 5.83. The first-order valence-electron chi connectivity index (χ1n) is 7.43. The van der Waals surface area contributed by atoms with Gasteiger partial charge in [-0.05, 0) is 0 Å². The lowest BCUT2D eigenvalue weighted by Gasteiger charge is -2.43. The molecule has 2 rings (SSSR count). The second-order valence-electron chi connectivity index (χ2n) is 5.83. The van der Waals surface area contributed by atoms with Crippen molar-refractivity contribution >= 4 is 0 Å². The molecular weight excluding hydrogens is 332 g/mol. The van der Waals surface area contributed by atoms with Gasteiger partial charge in [-0.3, -0.25) is 0 Å². The number of rotatable bonds is 6. The Hall–Kier alpha value is -0.440. The van der Waals surface area contributed by atoms with Gasteiger partial charge in [-0.15, -0.1) is 0 Å². The van der Waals surface area contributed by atoms with Crippen LogP contribution in [-0.4, -0.2) is 117 Å². The zero-order valence-electron chi connectivity index (χ0n) is 13.0. The summed E-state index contributed by atoms with van der Waals surface area (Å²) in [6.45, 7) is -1.67. The fourth-order valence-electron chi connectivity index (χ4n) is 2.78. The molecule has 0 spiro atoms. The number of ether oxygens (including phenoxy) is 4. The molecule has 9 atom stereocenters. The zero-order valence-corrected chi connectivity index (χ0v) is 13.0. The average Bonchev–Trinajstić information content (AvgIpc) is 2.81. The van der Waals surface area contributed by atoms with Crippen molar-refractivity contribution in [3.63, 3.8) is 0 Å². The van der Waals surface area contributed by atoms with Gasteiger partial charge in [0.1, 0.15) is 49.3 Å². The Morgan fingerprint density at radius 2 is 1.58 bits per heavy atom. The standard InChI is InChI=1S/C13H24O11/c1-21-3-6-8(17)11(20)13(4-15,23-6)24-12-10(19)9(18)7(16)5(2-14)22-12/h5-12,14-20H,2-4H2,1H3/t5-,6-,7-,8-,9+,10-,11+,12-,13-/m1/s1. The fourth-order valence-corrected chi connectivity index (χ4v) is 2.78. The molecule has 2 heterocycles. The number of aliphatic hydroxyl groups excluding tert-OH is 7. The van der Waals surface area contributed by atoms with E-state index >= 15 is 0 Å². The van der Waals surface area contributed by atoms with E-state index in [1.54, 1.807) is 0 Å². The molecule has 0 radical (unpaired) electrons. The van der Waals surface area contributed by atoms with Crippen LogP contribution in [0.25, 0.3) is 0 Å². The van der Waals surface area contributed by atoms with Gasteiger partial charge in [-0.2, -0.15) is 0 Å². The van der Waals surface area contributed by atoms with Crippen molar-refractivity contribution in [1.29, 1.82) is 0 Å². The van der Waals surface area contributed by atoms with Crippen molar-refractivity contribution in [2.75, 3.05) is 26.9 Å². The van der Waals surface area contributed by atoms with Crippen molar-refractivity contribution in [3.8, 4) is 0 Å². The molecule has 7 N–H and O–H groups in total. The van der Waals surface area contributed by atoms with Gasteiger partial charge in [0.25, 0.3) is 0 Å². The molecule has 0 amide bonds. The Balaban J connectivity index is 2.17. The van der Waals surface area contributed by atoms with Gasteiger partial charge in [0, 0.05) is 7.11 Å². The van der Waals surface area contributed by atoms with Crippen molar-refractivity contribution in [1.82, 2.24) is 0 Å². The Morgan fingerprint density at radius 1 is 0.917 bits per heavy atom. The van der Waals surface area contributed by atoms with Crippen molar-refractivity contribution in [2.45, 2.75) is 54.8 Å². The predicted octanol–water partition coefficient (Wildman–Crippen LogP) is -4.74. The van der Waals surface area contributed by atoms with E-state index in [1.165, 1.54) is 7.11 Å². The third kappa shape index (κ3) is 3.43. The van der Waals surface area contributed by atoms with E-state index in [2.05, 4.69) is 0 Å². The first kappa shape index (κ1) is 19.9. The molecule has 0 aromatic heterocycles. The highest BCUT2D eigenvalue weighted by molar-refractivity contribution is 4.98. The predicted molar refractivity (Wildman–Crippen MR) is 73.4 cm³/mol. The molecule has 2 fully saturated rings. The molecule has 0 saturated carbocycles. The van der Waals surface area contributed by atoms with Crippen LogP contribution in [0.15, 0.2) is 0 Å². The third-order valence-corrected chi connectivity index (χ3v) is 4.22. The number of methoxy groups -OCH3 is 1. The maximum atomic E-state index is 10.1. The monoisotopic (exact) mass is 356 g/mol. The zero-order chi connectivity index (χ0) is 18.1. The van der Waals surface area contributed by atoms with Gasteiger partial charge in [0.2, 0.25) is 5.79 Å². The van der Waals surface area contributed by atoms with E-state index < -0.39 is 68.0 Å². The molecule has 11 heteroatoms. The van der Waals surface area contributed by atoms with Crippen LogP contribution in [0.3, 0.4) is 0 Å². The van der Waals surface area contributed by atoms with Crippen LogP contribution in [0.1, 0.15) is 0 Å².